The number of carbonyl (C=O) groups is 1. The van der Waals surface area contributed by atoms with Crippen LogP contribution in [-0.4, -0.2) is 12.7 Å². The molecule has 0 spiro atoms. The van der Waals surface area contributed by atoms with Crippen LogP contribution in [0.2, 0.25) is 0 Å². The Morgan fingerprint density at radius 2 is 2.38 bits per heavy atom. The molecule has 0 aliphatic rings. The van der Waals surface area contributed by atoms with E-state index in [2.05, 4.69) is 10.2 Å². The van der Waals surface area contributed by atoms with Gasteiger partial charge in [-0.3, -0.25) is 10.6 Å². The van der Waals surface area contributed by atoms with Gasteiger partial charge < -0.3 is 4.74 Å². The first-order valence-electron chi connectivity index (χ1n) is 1.84. The fourth-order valence-corrected chi connectivity index (χ4v) is 0.143. The number of halogens is 1. The zero-order valence-corrected chi connectivity index (χ0v) is 5.33. The minimum Gasteiger partial charge on any atom is -0.449 e. The molecule has 0 aliphatic carbocycles. The van der Waals surface area contributed by atoms with Gasteiger partial charge in [-0.05, 0) is 0 Å². The number of hydrogen-bond acceptors (Lipinski definition) is 4. The summed E-state index contributed by atoms with van der Waals surface area (Å²) < 4.78 is 4.32. The quantitative estimate of drug-likeness (QED) is 0.233. The summed E-state index contributed by atoms with van der Waals surface area (Å²) in [6, 6.07) is 0. The molecule has 0 aromatic rings. The molecule has 0 rings (SSSR count). The highest BCUT2D eigenvalue weighted by Crippen LogP contribution is 1.66. The van der Waals surface area contributed by atoms with Gasteiger partial charge in [-0.1, -0.05) is 0 Å². The topological polar surface area (TPSA) is 64.3 Å². The summed E-state index contributed by atoms with van der Waals surface area (Å²) >= 11 is 0. The highest BCUT2D eigenvalue weighted by atomic mass is 35.5. The Kier molecular flexibility index (Phi) is 8.87. The number of hydrazine groups is 1. The van der Waals surface area contributed by atoms with E-state index in [1.54, 1.807) is 0 Å². The number of hydrogen-bond donors (Lipinski definition) is 2. The summed E-state index contributed by atoms with van der Waals surface area (Å²) in [5.74, 6) is 4.41. The van der Waals surface area contributed by atoms with Gasteiger partial charge >= 0.3 is 5.97 Å². The van der Waals surface area contributed by atoms with E-state index in [0.29, 0.717) is 0 Å². The number of carbonyl (C=O) groups excluding carboxylic acids is 1. The van der Waals surface area contributed by atoms with Gasteiger partial charge in [0.25, 0.3) is 0 Å². The van der Waals surface area contributed by atoms with Crippen LogP contribution in [0.3, 0.4) is 0 Å². The molecule has 0 aromatic heterocycles. The van der Waals surface area contributed by atoms with Crippen molar-refractivity contribution in [1.29, 1.82) is 0 Å². The van der Waals surface area contributed by atoms with Gasteiger partial charge in [-0.2, -0.15) is 0 Å². The van der Waals surface area contributed by atoms with E-state index in [1.807, 2.05) is 0 Å². The van der Waals surface area contributed by atoms with Gasteiger partial charge in [0.05, 0.1) is 0 Å². The average Bonchev–Trinajstić information content (AvgIpc) is 1.61. The van der Waals surface area contributed by atoms with Crippen molar-refractivity contribution in [2.45, 2.75) is 6.92 Å². The summed E-state index contributed by atoms with van der Waals surface area (Å²) in [5.41, 5.74) is 2.16. The first kappa shape index (κ1) is 10.6. The summed E-state index contributed by atoms with van der Waals surface area (Å²) in [6.07, 6.45) is 0. The molecule has 5 heteroatoms. The standard InChI is InChI=1S/C3H8N2O2.ClH/c1-3(6)7-2-5-4;/h5H,2,4H2,1H3;1H. The minimum absolute atomic E-state index is 0. The molecule has 0 bridgehead atoms. The number of esters is 1. The smallest absolute Gasteiger partial charge is 0.303 e. The lowest BCUT2D eigenvalue weighted by Gasteiger charge is -1.95. The van der Waals surface area contributed by atoms with Crippen molar-refractivity contribution < 1.29 is 9.53 Å². The molecular weight excluding hydrogens is 131 g/mol. The predicted octanol–water partition coefficient (Wildman–Crippen LogP) is -0.608. The zero-order valence-electron chi connectivity index (χ0n) is 4.51. The van der Waals surface area contributed by atoms with Gasteiger partial charge in [-0.25, -0.2) is 5.43 Å². The van der Waals surface area contributed by atoms with Crippen LogP contribution >= 0.6 is 12.4 Å². The average molecular weight is 141 g/mol. The highest BCUT2D eigenvalue weighted by molar-refractivity contribution is 5.85. The van der Waals surface area contributed by atoms with E-state index in [9.17, 15) is 4.79 Å². The molecule has 0 heterocycles. The zero-order chi connectivity index (χ0) is 5.70. The Bertz CT molecular complexity index is 68.3. The maximum absolute atomic E-state index is 9.88. The Labute approximate surface area is 53.8 Å². The molecule has 0 atom stereocenters. The first-order valence-corrected chi connectivity index (χ1v) is 1.84. The van der Waals surface area contributed by atoms with Crippen molar-refractivity contribution in [3.63, 3.8) is 0 Å². The van der Waals surface area contributed by atoms with Crippen molar-refractivity contribution >= 4 is 18.4 Å². The number of nitrogens with one attached hydrogen (secondary N) is 1. The highest BCUT2D eigenvalue weighted by Gasteiger charge is 1.84. The lowest BCUT2D eigenvalue weighted by atomic mass is 10.8. The summed E-state index contributed by atoms with van der Waals surface area (Å²) in [5, 5.41) is 0. The Morgan fingerprint density at radius 1 is 1.88 bits per heavy atom. The Hall–Kier alpha value is -0.320. The number of nitrogens with two attached hydrogens (primary N) is 1. The van der Waals surface area contributed by atoms with E-state index >= 15 is 0 Å². The Balaban J connectivity index is 0. The maximum atomic E-state index is 9.88. The number of ether oxygens (including phenoxy) is 1. The van der Waals surface area contributed by atoms with Crippen molar-refractivity contribution in [3.8, 4) is 0 Å². The second-order valence-corrected chi connectivity index (χ2v) is 0.984. The molecule has 0 saturated carbocycles. The van der Waals surface area contributed by atoms with Crippen molar-refractivity contribution in [1.82, 2.24) is 5.43 Å². The second kappa shape index (κ2) is 6.68. The van der Waals surface area contributed by atoms with Crippen LogP contribution in [0.1, 0.15) is 6.92 Å². The van der Waals surface area contributed by atoms with E-state index < -0.39 is 0 Å². The van der Waals surface area contributed by atoms with Crippen LogP contribution in [0.5, 0.6) is 0 Å². The van der Waals surface area contributed by atoms with Crippen LogP contribution in [0.15, 0.2) is 0 Å². The molecule has 4 nitrogen and oxygen atoms in total. The molecule has 0 radical (unpaired) electrons. The minimum atomic E-state index is -0.335. The normalized spacial score (nSPS) is 7.25. The largest absolute Gasteiger partial charge is 0.449 e. The third-order valence-electron chi connectivity index (χ3n) is 0.359. The SMILES string of the molecule is CC(=O)OCNN.Cl. The molecule has 0 fully saturated rings. The Morgan fingerprint density at radius 3 is 2.50 bits per heavy atom. The molecular formula is C3H9ClN2O2. The van der Waals surface area contributed by atoms with Gasteiger partial charge in [0.15, 0.2) is 6.73 Å². The maximum Gasteiger partial charge on any atom is 0.303 e. The lowest BCUT2D eigenvalue weighted by Crippen LogP contribution is -2.26. The second-order valence-electron chi connectivity index (χ2n) is 0.984. The fourth-order valence-electron chi connectivity index (χ4n) is 0.143. The fraction of sp³-hybridized carbons (Fsp3) is 0.667. The van der Waals surface area contributed by atoms with Crippen LogP contribution in [0, 0.1) is 0 Å². The summed E-state index contributed by atoms with van der Waals surface area (Å²) in [6.45, 7) is 1.40. The van der Waals surface area contributed by atoms with Crippen LogP contribution in [-0.2, 0) is 9.53 Å². The first-order chi connectivity index (χ1) is 3.27. The molecule has 50 valence electrons. The van der Waals surface area contributed by atoms with Crippen molar-refractivity contribution in [2.75, 3.05) is 6.73 Å². The predicted molar refractivity (Wildman–Crippen MR) is 31.2 cm³/mol. The van der Waals surface area contributed by atoms with E-state index in [-0.39, 0.29) is 25.1 Å². The third kappa shape index (κ3) is 9.19. The van der Waals surface area contributed by atoms with Gasteiger partial charge in [-0.15, -0.1) is 12.4 Å². The molecule has 0 unspecified atom stereocenters. The third-order valence-corrected chi connectivity index (χ3v) is 0.359. The number of rotatable bonds is 2. The summed E-state index contributed by atoms with van der Waals surface area (Å²) in [7, 11) is 0. The molecule has 0 amide bonds. The molecule has 0 aromatic carbocycles. The molecule has 0 saturated heterocycles. The molecule has 3 N–H and O–H groups in total. The molecule has 8 heavy (non-hydrogen) atoms. The van der Waals surface area contributed by atoms with Crippen molar-refractivity contribution in [2.24, 2.45) is 5.84 Å². The summed E-state index contributed by atoms with van der Waals surface area (Å²) in [4.78, 5) is 9.88. The van der Waals surface area contributed by atoms with E-state index in [1.165, 1.54) is 6.92 Å². The van der Waals surface area contributed by atoms with E-state index in [0.717, 1.165) is 0 Å². The van der Waals surface area contributed by atoms with Crippen LogP contribution < -0.4 is 11.3 Å². The monoisotopic (exact) mass is 140 g/mol. The van der Waals surface area contributed by atoms with Gasteiger partial charge in [0.1, 0.15) is 0 Å². The molecule has 0 aliphatic heterocycles. The van der Waals surface area contributed by atoms with Crippen LogP contribution in [0.25, 0.3) is 0 Å². The van der Waals surface area contributed by atoms with E-state index in [4.69, 9.17) is 5.84 Å². The van der Waals surface area contributed by atoms with Gasteiger partial charge in [0.2, 0.25) is 0 Å². The van der Waals surface area contributed by atoms with Crippen molar-refractivity contribution in [3.05, 3.63) is 0 Å². The lowest BCUT2D eigenvalue weighted by molar-refractivity contribution is -0.141. The van der Waals surface area contributed by atoms with Crippen LogP contribution in [0.4, 0.5) is 0 Å². The van der Waals surface area contributed by atoms with Gasteiger partial charge in [0, 0.05) is 6.92 Å².